The number of aromatic nitrogens is 2. The molecule has 0 unspecified atom stereocenters. The maximum Gasteiger partial charge on any atom is 0.573 e. The highest BCUT2D eigenvalue weighted by Crippen LogP contribution is 2.34. The van der Waals surface area contributed by atoms with Gasteiger partial charge in [0.2, 0.25) is 0 Å². The van der Waals surface area contributed by atoms with Gasteiger partial charge in [0.1, 0.15) is 11.4 Å². The van der Waals surface area contributed by atoms with Gasteiger partial charge in [0.05, 0.1) is 23.1 Å². The van der Waals surface area contributed by atoms with Crippen LogP contribution in [0.5, 0.6) is 5.75 Å². The Labute approximate surface area is 231 Å². The van der Waals surface area contributed by atoms with Crippen LogP contribution in [0.1, 0.15) is 66.7 Å². The molecule has 1 aromatic heterocycles. The Kier molecular flexibility index (Phi) is 8.13. The first-order valence-electron chi connectivity index (χ1n) is 13.0. The SMILES string of the molecule is Cc1ccc(-n2ncc(C(=O)Nc3ccc(OC(F)(F)F)cc3)c2C2CCN(C(=O)OC(C)(C)C)CC2)c(C)c1. The van der Waals surface area contributed by atoms with Gasteiger partial charge in [-0.25, -0.2) is 9.48 Å². The highest BCUT2D eigenvalue weighted by atomic mass is 19.4. The molecule has 1 aliphatic heterocycles. The molecule has 0 bridgehead atoms. The Hall–Kier alpha value is -4.02. The van der Waals surface area contributed by atoms with Crippen molar-refractivity contribution in [1.82, 2.24) is 14.7 Å². The summed E-state index contributed by atoms with van der Waals surface area (Å²) < 4.78 is 48.7. The molecule has 0 spiro atoms. The molecule has 0 aliphatic carbocycles. The Balaban J connectivity index is 1.60. The molecule has 2 amide bonds. The van der Waals surface area contributed by atoms with Crippen LogP contribution in [0.3, 0.4) is 0 Å². The van der Waals surface area contributed by atoms with Gasteiger partial charge in [-0.2, -0.15) is 5.10 Å². The van der Waals surface area contributed by atoms with Crippen molar-refractivity contribution in [2.75, 3.05) is 18.4 Å². The molecule has 0 atom stereocenters. The maximum absolute atomic E-state index is 13.4. The number of carbonyl (C=O) groups is 2. The van der Waals surface area contributed by atoms with Gasteiger partial charge in [-0.15, -0.1) is 13.2 Å². The first kappa shape index (κ1) is 29.0. The van der Waals surface area contributed by atoms with E-state index in [1.807, 2.05) is 52.8 Å². The number of hydrogen-bond acceptors (Lipinski definition) is 5. The molecule has 2 aromatic carbocycles. The minimum Gasteiger partial charge on any atom is -0.444 e. The van der Waals surface area contributed by atoms with Crippen molar-refractivity contribution in [2.45, 2.75) is 65.3 Å². The van der Waals surface area contributed by atoms with Crippen LogP contribution in [0.2, 0.25) is 0 Å². The number of halogens is 3. The van der Waals surface area contributed by atoms with Crippen molar-refractivity contribution < 1.29 is 32.2 Å². The molecular formula is C29H33F3N4O4. The Morgan fingerprint density at radius 1 is 1.00 bits per heavy atom. The zero-order valence-electron chi connectivity index (χ0n) is 23.1. The van der Waals surface area contributed by atoms with Crippen LogP contribution in [0.15, 0.2) is 48.7 Å². The molecule has 214 valence electrons. The van der Waals surface area contributed by atoms with Crippen molar-refractivity contribution >= 4 is 17.7 Å². The minimum absolute atomic E-state index is 0.0785. The summed E-state index contributed by atoms with van der Waals surface area (Å²) in [5.74, 6) is -0.902. The number of amides is 2. The van der Waals surface area contributed by atoms with Crippen LogP contribution in [-0.4, -0.2) is 51.7 Å². The number of piperidine rings is 1. The fourth-order valence-corrected chi connectivity index (χ4v) is 4.76. The monoisotopic (exact) mass is 558 g/mol. The molecule has 1 saturated heterocycles. The van der Waals surface area contributed by atoms with Crippen LogP contribution in [-0.2, 0) is 4.74 Å². The van der Waals surface area contributed by atoms with Crippen LogP contribution in [0, 0.1) is 13.8 Å². The van der Waals surface area contributed by atoms with Gasteiger partial charge < -0.3 is 19.7 Å². The number of ether oxygens (including phenoxy) is 2. The second-order valence-corrected chi connectivity index (χ2v) is 10.9. The van der Waals surface area contributed by atoms with Crippen molar-refractivity contribution in [1.29, 1.82) is 0 Å². The van der Waals surface area contributed by atoms with E-state index in [-0.39, 0.29) is 17.8 Å². The van der Waals surface area contributed by atoms with Gasteiger partial charge in [-0.1, -0.05) is 17.7 Å². The van der Waals surface area contributed by atoms with Crippen molar-refractivity contribution in [2.24, 2.45) is 0 Å². The molecule has 4 rings (SSSR count). The second-order valence-electron chi connectivity index (χ2n) is 10.9. The number of aryl methyl sites for hydroxylation is 2. The zero-order valence-corrected chi connectivity index (χ0v) is 23.1. The van der Waals surface area contributed by atoms with Crippen LogP contribution in [0.25, 0.3) is 5.69 Å². The number of hydrogen-bond donors (Lipinski definition) is 1. The number of rotatable bonds is 5. The summed E-state index contributed by atoms with van der Waals surface area (Å²) in [6, 6.07) is 10.9. The molecule has 2 heterocycles. The van der Waals surface area contributed by atoms with E-state index in [1.54, 1.807) is 9.58 Å². The largest absolute Gasteiger partial charge is 0.573 e. The molecule has 8 nitrogen and oxygen atoms in total. The number of benzene rings is 2. The molecule has 0 saturated carbocycles. The van der Waals surface area contributed by atoms with E-state index in [2.05, 4.69) is 15.2 Å². The molecule has 1 N–H and O–H groups in total. The van der Waals surface area contributed by atoms with Crippen LogP contribution < -0.4 is 10.1 Å². The second kappa shape index (κ2) is 11.2. The summed E-state index contributed by atoms with van der Waals surface area (Å²) in [6.45, 7) is 10.4. The van der Waals surface area contributed by atoms with E-state index >= 15 is 0 Å². The summed E-state index contributed by atoms with van der Waals surface area (Å²) in [5.41, 5.74) is 3.70. The van der Waals surface area contributed by atoms with Gasteiger partial charge in [0.15, 0.2) is 0 Å². The first-order chi connectivity index (χ1) is 18.7. The third-order valence-electron chi connectivity index (χ3n) is 6.51. The number of nitrogens with one attached hydrogen (secondary N) is 1. The van der Waals surface area contributed by atoms with E-state index in [4.69, 9.17) is 4.74 Å². The average molecular weight is 559 g/mol. The predicted molar refractivity (Wildman–Crippen MR) is 144 cm³/mol. The lowest BCUT2D eigenvalue weighted by atomic mass is 9.90. The van der Waals surface area contributed by atoms with Gasteiger partial charge in [0, 0.05) is 24.7 Å². The van der Waals surface area contributed by atoms with Gasteiger partial charge in [0.25, 0.3) is 5.91 Å². The summed E-state index contributed by atoms with van der Waals surface area (Å²) in [4.78, 5) is 27.7. The molecule has 1 fully saturated rings. The molecule has 1 aliphatic rings. The Morgan fingerprint density at radius 3 is 2.23 bits per heavy atom. The van der Waals surface area contributed by atoms with E-state index in [1.165, 1.54) is 18.3 Å². The lowest BCUT2D eigenvalue weighted by Crippen LogP contribution is -2.41. The maximum atomic E-state index is 13.4. The van der Waals surface area contributed by atoms with Gasteiger partial charge in [-0.3, -0.25) is 4.79 Å². The predicted octanol–water partition coefficient (Wildman–Crippen LogP) is 6.75. The molecular weight excluding hydrogens is 525 g/mol. The number of anilines is 1. The molecule has 11 heteroatoms. The third kappa shape index (κ3) is 7.13. The number of carbonyl (C=O) groups excluding carboxylic acids is 2. The van der Waals surface area contributed by atoms with E-state index < -0.39 is 17.9 Å². The Morgan fingerprint density at radius 2 is 1.65 bits per heavy atom. The fraction of sp³-hybridized carbons (Fsp3) is 0.414. The third-order valence-corrected chi connectivity index (χ3v) is 6.51. The van der Waals surface area contributed by atoms with Gasteiger partial charge in [-0.05, 0) is 83.4 Å². The summed E-state index contributed by atoms with van der Waals surface area (Å²) in [7, 11) is 0. The average Bonchev–Trinajstić information content (AvgIpc) is 3.28. The number of alkyl halides is 3. The Bertz CT molecular complexity index is 1370. The number of likely N-dealkylation sites (tertiary alicyclic amines) is 1. The summed E-state index contributed by atoms with van der Waals surface area (Å²) in [5, 5.41) is 7.33. The van der Waals surface area contributed by atoms with Crippen molar-refractivity contribution in [3.8, 4) is 11.4 Å². The smallest absolute Gasteiger partial charge is 0.444 e. The molecule has 40 heavy (non-hydrogen) atoms. The highest BCUT2D eigenvalue weighted by Gasteiger charge is 2.33. The first-order valence-corrected chi connectivity index (χ1v) is 13.0. The van der Waals surface area contributed by atoms with E-state index in [0.717, 1.165) is 28.9 Å². The van der Waals surface area contributed by atoms with Crippen molar-refractivity contribution in [3.63, 3.8) is 0 Å². The summed E-state index contributed by atoms with van der Waals surface area (Å²) >= 11 is 0. The van der Waals surface area contributed by atoms with E-state index in [9.17, 15) is 22.8 Å². The van der Waals surface area contributed by atoms with Gasteiger partial charge >= 0.3 is 12.5 Å². The quantitative estimate of drug-likeness (QED) is 0.374. The van der Waals surface area contributed by atoms with Crippen molar-refractivity contribution in [3.05, 3.63) is 71.0 Å². The van der Waals surface area contributed by atoms with Crippen LogP contribution in [0.4, 0.5) is 23.7 Å². The molecule has 0 radical (unpaired) electrons. The highest BCUT2D eigenvalue weighted by molar-refractivity contribution is 6.05. The topological polar surface area (TPSA) is 85.7 Å². The number of nitrogens with zero attached hydrogens (tertiary/aromatic N) is 3. The molecule has 3 aromatic rings. The normalized spacial score (nSPS) is 14.7. The zero-order chi connectivity index (χ0) is 29.2. The lowest BCUT2D eigenvalue weighted by Gasteiger charge is -2.34. The van der Waals surface area contributed by atoms with E-state index in [0.29, 0.717) is 42.9 Å². The fourth-order valence-electron chi connectivity index (χ4n) is 4.76. The standard InChI is InChI=1S/C29H33F3N4O4/c1-18-6-11-24(19(2)16-18)36-25(20-12-14-35(15-13-20)27(38)40-28(3,4)5)23(17-33-36)26(37)34-21-7-9-22(10-8-21)39-29(30,31)32/h6-11,16-17,20H,12-15H2,1-5H3,(H,34,37). The minimum atomic E-state index is -4.80. The summed E-state index contributed by atoms with van der Waals surface area (Å²) in [6.07, 6.45) is -2.48. The van der Waals surface area contributed by atoms with Crippen LogP contribution >= 0.6 is 0 Å². The lowest BCUT2D eigenvalue weighted by molar-refractivity contribution is -0.274.